The molecule has 1 N–H and O–H groups in total. The van der Waals surface area contributed by atoms with Crippen molar-refractivity contribution < 1.29 is 32.1 Å². The molecule has 1 atom stereocenters. The first-order valence-corrected chi connectivity index (χ1v) is 9.62. The van der Waals surface area contributed by atoms with Crippen LogP contribution in [0.1, 0.15) is 18.1 Å². The number of hydrogen-bond donors (Lipinski definition) is 1. The van der Waals surface area contributed by atoms with Gasteiger partial charge in [0, 0.05) is 18.1 Å². The molecule has 0 aliphatic rings. The quantitative estimate of drug-likeness (QED) is 0.405. The minimum atomic E-state index is -4.77. The molecular formula is C20H22BrF4NO3. The van der Waals surface area contributed by atoms with Crippen molar-refractivity contribution in [2.75, 3.05) is 31.7 Å². The van der Waals surface area contributed by atoms with Crippen LogP contribution in [0.5, 0.6) is 5.75 Å². The first-order valence-electron chi connectivity index (χ1n) is 8.83. The van der Waals surface area contributed by atoms with Crippen molar-refractivity contribution in [3.05, 3.63) is 57.8 Å². The molecule has 29 heavy (non-hydrogen) atoms. The van der Waals surface area contributed by atoms with Gasteiger partial charge in [-0.15, -0.1) is 0 Å². The van der Waals surface area contributed by atoms with E-state index < -0.39 is 23.7 Å². The molecule has 0 spiro atoms. The van der Waals surface area contributed by atoms with Crippen molar-refractivity contribution in [2.24, 2.45) is 0 Å². The van der Waals surface area contributed by atoms with Gasteiger partial charge in [-0.3, -0.25) is 0 Å². The summed E-state index contributed by atoms with van der Waals surface area (Å²) in [7, 11) is 1.82. The van der Waals surface area contributed by atoms with Gasteiger partial charge in [0.2, 0.25) is 0 Å². The Morgan fingerprint density at radius 3 is 2.55 bits per heavy atom. The third-order valence-electron chi connectivity index (χ3n) is 3.99. The van der Waals surface area contributed by atoms with Crippen molar-refractivity contribution in [2.45, 2.75) is 25.8 Å². The summed E-state index contributed by atoms with van der Waals surface area (Å²) in [6, 6.07) is 8.06. The average molecular weight is 480 g/mol. The minimum Gasteiger partial charge on any atom is -0.487 e. The van der Waals surface area contributed by atoms with Crippen LogP contribution in [0, 0.1) is 5.82 Å². The maximum atomic E-state index is 13.4. The zero-order chi connectivity index (χ0) is 21.6. The summed E-state index contributed by atoms with van der Waals surface area (Å²) in [4.78, 5) is 1.87. The van der Waals surface area contributed by atoms with Gasteiger partial charge in [-0.05, 0) is 42.8 Å². The zero-order valence-electron chi connectivity index (χ0n) is 16.0. The minimum absolute atomic E-state index is 0.148. The predicted octanol–water partition coefficient (Wildman–Crippen LogP) is 5.02. The van der Waals surface area contributed by atoms with E-state index in [2.05, 4.69) is 15.9 Å². The SMILES string of the molecule is C[C@H](O)COCCN(C)c1cc(Br)ccc1OCc1ccc(F)c(C(F)(F)F)c1. The fourth-order valence-electron chi connectivity index (χ4n) is 2.53. The number of alkyl halides is 3. The Morgan fingerprint density at radius 1 is 1.17 bits per heavy atom. The lowest BCUT2D eigenvalue weighted by Gasteiger charge is -2.23. The zero-order valence-corrected chi connectivity index (χ0v) is 17.6. The number of aliphatic hydroxyl groups excluding tert-OH is 1. The van der Waals surface area contributed by atoms with Crippen LogP contribution < -0.4 is 9.64 Å². The number of ether oxygens (including phenoxy) is 2. The number of hydrogen-bond acceptors (Lipinski definition) is 4. The van der Waals surface area contributed by atoms with E-state index in [4.69, 9.17) is 9.47 Å². The first kappa shape index (κ1) is 23.4. The Kier molecular flexibility index (Phi) is 8.30. The number of nitrogens with zero attached hydrogens (tertiary/aromatic N) is 1. The summed E-state index contributed by atoms with van der Waals surface area (Å²) < 4.78 is 64.0. The van der Waals surface area contributed by atoms with Crippen LogP contribution >= 0.6 is 15.9 Å². The van der Waals surface area contributed by atoms with Gasteiger partial charge in [-0.25, -0.2) is 4.39 Å². The molecule has 0 saturated heterocycles. The van der Waals surface area contributed by atoms with Crippen LogP contribution in [0.3, 0.4) is 0 Å². The van der Waals surface area contributed by atoms with E-state index in [0.717, 1.165) is 16.6 Å². The van der Waals surface area contributed by atoms with E-state index in [1.807, 2.05) is 18.0 Å². The second-order valence-corrected chi connectivity index (χ2v) is 7.47. The molecule has 0 fully saturated rings. The fraction of sp³-hybridized carbons (Fsp3) is 0.400. The Labute approximate surface area is 175 Å². The standard InChI is InChI=1S/C20H22BrF4NO3/c1-13(27)11-28-8-7-26(2)18-10-15(21)4-6-19(18)29-12-14-3-5-17(22)16(9-14)20(23,24)25/h3-6,9-10,13,27H,7-8,11-12H2,1-2H3/t13-/m0/s1. The molecule has 0 heterocycles. The van der Waals surface area contributed by atoms with Crippen molar-refractivity contribution in [3.63, 3.8) is 0 Å². The van der Waals surface area contributed by atoms with Crippen LogP contribution in [0.15, 0.2) is 40.9 Å². The van der Waals surface area contributed by atoms with E-state index in [0.29, 0.717) is 24.6 Å². The monoisotopic (exact) mass is 479 g/mol. The highest BCUT2D eigenvalue weighted by molar-refractivity contribution is 9.10. The second-order valence-electron chi connectivity index (χ2n) is 6.56. The number of benzene rings is 2. The normalized spacial score (nSPS) is 12.7. The lowest BCUT2D eigenvalue weighted by molar-refractivity contribution is -0.140. The molecule has 0 aromatic heterocycles. The van der Waals surface area contributed by atoms with E-state index in [-0.39, 0.29) is 18.8 Å². The molecule has 2 rings (SSSR count). The molecule has 9 heteroatoms. The van der Waals surface area contributed by atoms with Gasteiger partial charge in [0.05, 0.1) is 30.6 Å². The molecule has 0 aliphatic carbocycles. The molecule has 0 radical (unpaired) electrons. The van der Waals surface area contributed by atoms with Crippen molar-refractivity contribution in [1.82, 2.24) is 0 Å². The summed E-state index contributed by atoms with van der Waals surface area (Å²) in [5.74, 6) is -0.855. The van der Waals surface area contributed by atoms with Gasteiger partial charge in [0.25, 0.3) is 0 Å². The van der Waals surface area contributed by atoms with Gasteiger partial charge < -0.3 is 19.5 Å². The number of halogens is 5. The van der Waals surface area contributed by atoms with Gasteiger partial charge in [0.1, 0.15) is 18.2 Å². The Hall–Kier alpha value is -1.84. The molecule has 0 amide bonds. The Bertz CT molecular complexity index is 815. The van der Waals surface area contributed by atoms with Crippen LogP contribution in [-0.4, -0.2) is 38.0 Å². The first-order chi connectivity index (χ1) is 13.6. The summed E-state index contributed by atoms with van der Waals surface area (Å²) in [6.45, 7) is 2.59. The third-order valence-corrected chi connectivity index (χ3v) is 4.49. The van der Waals surface area contributed by atoms with Crippen LogP contribution in [0.4, 0.5) is 23.2 Å². The van der Waals surface area contributed by atoms with Crippen molar-refractivity contribution >= 4 is 21.6 Å². The maximum absolute atomic E-state index is 13.4. The van der Waals surface area contributed by atoms with Crippen LogP contribution in [0.25, 0.3) is 0 Å². The summed E-state index contributed by atoms with van der Waals surface area (Å²) in [6.07, 6.45) is -5.32. The van der Waals surface area contributed by atoms with Gasteiger partial charge >= 0.3 is 6.18 Å². The summed E-state index contributed by atoms with van der Waals surface area (Å²) in [5, 5.41) is 9.22. The lowest BCUT2D eigenvalue weighted by Crippen LogP contribution is -2.24. The number of rotatable bonds is 9. The molecule has 0 bridgehead atoms. The highest BCUT2D eigenvalue weighted by Gasteiger charge is 2.34. The van der Waals surface area contributed by atoms with Gasteiger partial charge in [-0.2, -0.15) is 13.2 Å². The molecular weight excluding hydrogens is 458 g/mol. The molecule has 0 unspecified atom stereocenters. The number of anilines is 1. The molecule has 2 aromatic carbocycles. The lowest BCUT2D eigenvalue weighted by atomic mass is 10.1. The Balaban J connectivity index is 2.10. The van der Waals surface area contributed by atoms with Crippen LogP contribution in [0.2, 0.25) is 0 Å². The maximum Gasteiger partial charge on any atom is 0.419 e. The number of aliphatic hydroxyl groups is 1. The van der Waals surface area contributed by atoms with E-state index in [9.17, 15) is 22.7 Å². The van der Waals surface area contributed by atoms with Crippen molar-refractivity contribution in [3.8, 4) is 5.75 Å². The third kappa shape index (κ3) is 7.17. The largest absolute Gasteiger partial charge is 0.487 e. The van der Waals surface area contributed by atoms with Gasteiger partial charge in [-0.1, -0.05) is 22.0 Å². The smallest absolute Gasteiger partial charge is 0.419 e. The molecule has 2 aromatic rings. The summed E-state index contributed by atoms with van der Waals surface area (Å²) >= 11 is 3.39. The highest BCUT2D eigenvalue weighted by Crippen LogP contribution is 2.34. The van der Waals surface area contributed by atoms with E-state index >= 15 is 0 Å². The van der Waals surface area contributed by atoms with Crippen molar-refractivity contribution in [1.29, 1.82) is 0 Å². The van der Waals surface area contributed by atoms with Crippen LogP contribution in [-0.2, 0) is 17.5 Å². The fourth-order valence-corrected chi connectivity index (χ4v) is 2.88. The molecule has 0 saturated carbocycles. The predicted molar refractivity (Wildman–Crippen MR) is 106 cm³/mol. The molecule has 0 aliphatic heterocycles. The van der Waals surface area contributed by atoms with E-state index in [1.54, 1.807) is 19.1 Å². The highest BCUT2D eigenvalue weighted by atomic mass is 79.9. The molecule has 160 valence electrons. The topological polar surface area (TPSA) is 41.9 Å². The average Bonchev–Trinajstić information content (AvgIpc) is 2.64. The van der Waals surface area contributed by atoms with Gasteiger partial charge in [0.15, 0.2) is 0 Å². The second kappa shape index (κ2) is 10.3. The number of likely N-dealkylation sites (N-methyl/N-ethyl adjacent to an activating group) is 1. The summed E-state index contributed by atoms with van der Waals surface area (Å²) in [5.41, 5.74) is -0.407. The Morgan fingerprint density at radius 2 is 1.90 bits per heavy atom. The molecule has 4 nitrogen and oxygen atoms in total. The van der Waals surface area contributed by atoms with E-state index in [1.165, 1.54) is 6.07 Å².